The van der Waals surface area contributed by atoms with Crippen LogP contribution in [0, 0.1) is 0 Å². The number of hydrogen-bond acceptors (Lipinski definition) is 4. The van der Waals surface area contributed by atoms with E-state index in [1.54, 1.807) is 13.3 Å². The van der Waals surface area contributed by atoms with Gasteiger partial charge in [0.25, 0.3) is 0 Å². The number of carbonyl (C=O) groups excluding carboxylic acids is 1. The van der Waals surface area contributed by atoms with Gasteiger partial charge in [-0.3, -0.25) is 9.89 Å². The third-order valence-electron chi connectivity index (χ3n) is 3.73. The van der Waals surface area contributed by atoms with Gasteiger partial charge in [-0.1, -0.05) is 0 Å². The Morgan fingerprint density at radius 3 is 3.16 bits per heavy atom. The number of carbonyl (C=O) groups is 1. The largest absolute Gasteiger partial charge is 0.380 e. The molecule has 1 saturated heterocycles. The number of nitrogens with one attached hydrogen (secondary N) is 1. The van der Waals surface area contributed by atoms with Crippen LogP contribution in [-0.4, -0.2) is 47.3 Å². The Bertz CT molecular complexity index is 389. The Morgan fingerprint density at radius 1 is 1.68 bits per heavy atom. The number of piperidine rings is 1. The third kappa shape index (κ3) is 3.33. The van der Waals surface area contributed by atoms with Crippen LogP contribution in [0.5, 0.6) is 0 Å². The molecule has 0 radical (unpaired) electrons. The number of likely N-dealkylation sites (tertiary alicyclic amines) is 1. The third-order valence-corrected chi connectivity index (χ3v) is 3.73. The van der Waals surface area contributed by atoms with Crippen molar-refractivity contribution >= 4 is 5.91 Å². The highest BCUT2D eigenvalue weighted by molar-refractivity contribution is 5.77. The van der Waals surface area contributed by atoms with E-state index in [-0.39, 0.29) is 18.1 Å². The van der Waals surface area contributed by atoms with Crippen LogP contribution in [0.2, 0.25) is 0 Å². The lowest BCUT2D eigenvalue weighted by Crippen LogP contribution is -2.41. The van der Waals surface area contributed by atoms with Crippen LogP contribution in [0.3, 0.4) is 0 Å². The van der Waals surface area contributed by atoms with E-state index in [2.05, 4.69) is 10.2 Å². The molecule has 1 aromatic heterocycles. The molecule has 0 aliphatic carbocycles. The Labute approximate surface area is 113 Å². The molecule has 3 N–H and O–H groups in total. The second-order valence-corrected chi connectivity index (χ2v) is 4.93. The minimum Gasteiger partial charge on any atom is -0.380 e. The lowest BCUT2D eigenvalue weighted by atomic mass is 9.97. The molecule has 2 rings (SSSR count). The molecule has 0 saturated carbocycles. The fourth-order valence-electron chi connectivity index (χ4n) is 2.59. The number of nitrogens with two attached hydrogens (primary N) is 1. The number of aromatic nitrogens is 2. The molecule has 2 heterocycles. The molecule has 0 spiro atoms. The normalized spacial score (nSPS) is 21.4. The highest BCUT2D eigenvalue weighted by atomic mass is 16.5. The molecule has 1 fully saturated rings. The topological polar surface area (TPSA) is 84.2 Å². The molecule has 1 aliphatic rings. The summed E-state index contributed by atoms with van der Waals surface area (Å²) in [5.74, 6) is 0.114. The van der Waals surface area contributed by atoms with Crippen molar-refractivity contribution in [2.24, 2.45) is 5.73 Å². The lowest BCUT2D eigenvalue weighted by Gasteiger charge is -2.36. The van der Waals surface area contributed by atoms with Gasteiger partial charge in [-0.2, -0.15) is 5.10 Å². The summed E-state index contributed by atoms with van der Waals surface area (Å²) in [5, 5.41) is 6.79. The summed E-state index contributed by atoms with van der Waals surface area (Å²) in [7, 11) is 1.59. The SMILES string of the molecule is COC(CN)CC(=O)N1CCCCC1c1cn[nH]c1. The van der Waals surface area contributed by atoms with E-state index in [4.69, 9.17) is 10.5 Å². The molecular formula is C13H22N4O2. The minimum atomic E-state index is -0.195. The van der Waals surface area contributed by atoms with E-state index >= 15 is 0 Å². The zero-order chi connectivity index (χ0) is 13.7. The maximum atomic E-state index is 12.4. The number of aromatic amines is 1. The summed E-state index contributed by atoms with van der Waals surface area (Å²) in [6.45, 7) is 1.17. The summed E-state index contributed by atoms with van der Waals surface area (Å²) >= 11 is 0. The molecule has 19 heavy (non-hydrogen) atoms. The van der Waals surface area contributed by atoms with Crippen LogP contribution < -0.4 is 5.73 Å². The van der Waals surface area contributed by atoms with Crippen LogP contribution in [0.4, 0.5) is 0 Å². The van der Waals surface area contributed by atoms with Crippen LogP contribution in [0.25, 0.3) is 0 Å². The zero-order valence-electron chi connectivity index (χ0n) is 11.3. The van der Waals surface area contributed by atoms with Crippen molar-refractivity contribution in [3.8, 4) is 0 Å². The van der Waals surface area contributed by atoms with Gasteiger partial charge in [0.1, 0.15) is 0 Å². The van der Waals surface area contributed by atoms with Crippen molar-refractivity contribution in [3.63, 3.8) is 0 Å². The van der Waals surface area contributed by atoms with Crippen LogP contribution >= 0.6 is 0 Å². The number of nitrogens with zero attached hydrogens (tertiary/aromatic N) is 2. The summed E-state index contributed by atoms with van der Waals surface area (Å²) in [4.78, 5) is 14.3. The number of amides is 1. The van der Waals surface area contributed by atoms with Gasteiger partial charge in [-0.25, -0.2) is 0 Å². The smallest absolute Gasteiger partial charge is 0.225 e. The van der Waals surface area contributed by atoms with Gasteiger partial charge in [0.2, 0.25) is 5.91 Å². The number of methoxy groups -OCH3 is 1. The Balaban J connectivity index is 2.05. The van der Waals surface area contributed by atoms with E-state index in [1.165, 1.54) is 0 Å². The van der Waals surface area contributed by atoms with E-state index in [9.17, 15) is 4.79 Å². The fraction of sp³-hybridized carbons (Fsp3) is 0.692. The number of rotatable bonds is 5. The first kappa shape index (κ1) is 14.0. The predicted molar refractivity (Wildman–Crippen MR) is 71.4 cm³/mol. The molecular weight excluding hydrogens is 244 g/mol. The summed E-state index contributed by atoms with van der Waals surface area (Å²) in [6.07, 6.45) is 7.01. The quantitative estimate of drug-likeness (QED) is 0.826. The van der Waals surface area contributed by atoms with Crippen LogP contribution in [0.1, 0.15) is 37.3 Å². The average molecular weight is 266 g/mol. The second kappa shape index (κ2) is 6.68. The minimum absolute atomic E-state index is 0.114. The maximum absolute atomic E-state index is 12.4. The Morgan fingerprint density at radius 2 is 2.53 bits per heavy atom. The van der Waals surface area contributed by atoms with Gasteiger partial charge >= 0.3 is 0 Å². The first-order valence-electron chi connectivity index (χ1n) is 6.77. The monoisotopic (exact) mass is 266 g/mol. The van der Waals surface area contributed by atoms with Gasteiger partial charge in [-0.05, 0) is 19.3 Å². The summed E-state index contributed by atoms with van der Waals surface area (Å²) < 4.78 is 5.20. The van der Waals surface area contributed by atoms with Crippen molar-refractivity contribution < 1.29 is 9.53 Å². The van der Waals surface area contributed by atoms with Gasteiger partial charge in [0.15, 0.2) is 0 Å². The highest BCUT2D eigenvalue weighted by Crippen LogP contribution is 2.30. The van der Waals surface area contributed by atoms with E-state index in [1.807, 2.05) is 11.1 Å². The van der Waals surface area contributed by atoms with E-state index in [0.717, 1.165) is 31.4 Å². The molecule has 6 heteroatoms. The molecule has 0 aromatic carbocycles. The Kier molecular flexibility index (Phi) is 4.93. The van der Waals surface area contributed by atoms with Crippen molar-refractivity contribution in [2.75, 3.05) is 20.2 Å². The standard InChI is InChI=1S/C13H22N4O2/c1-19-11(7-14)6-13(18)17-5-3-2-4-12(17)10-8-15-16-9-10/h8-9,11-12H,2-7,14H2,1H3,(H,15,16). The molecule has 2 atom stereocenters. The van der Waals surface area contributed by atoms with Gasteiger partial charge in [0.05, 0.1) is 24.8 Å². The predicted octanol–water partition coefficient (Wildman–Crippen LogP) is 0.827. The molecule has 1 aromatic rings. The van der Waals surface area contributed by atoms with Crippen molar-refractivity contribution in [2.45, 2.75) is 37.8 Å². The summed E-state index contributed by atoms with van der Waals surface area (Å²) in [6, 6.07) is 0.135. The molecule has 106 valence electrons. The first-order valence-corrected chi connectivity index (χ1v) is 6.77. The maximum Gasteiger partial charge on any atom is 0.225 e. The zero-order valence-corrected chi connectivity index (χ0v) is 11.3. The first-order chi connectivity index (χ1) is 9.26. The molecule has 1 aliphatic heterocycles. The van der Waals surface area contributed by atoms with Crippen molar-refractivity contribution in [1.82, 2.24) is 15.1 Å². The number of ether oxygens (including phenoxy) is 1. The summed E-state index contributed by atoms with van der Waals surface area (Å²) in [5.41, 5.74) is 6.66. The lowest BCUT2D eigenvalue weighted by molar-refractivity contribution is -0.137. The average Bonchev–Trinajstić information content (AvgIpc) is 2.98. The Hall–Kier alpha value is -1.40. The van der Waals surface area contributed by atoms with E-state index in [0.29, 0.717) is 13.0 Å². The molecule has 6 nitrogen and oxygen atoms in total. The fourth-order valence-corrected chi connectivity index (χ4v) is 2.59. The van der Waals surface area contributed by atoms with Crippen LogP contribution in [0.15, 0.2) is 12.4 Å². The molecule has 1 amide bonds. The van der Waals surface area contributed by atoms with Crippen molar-refractivity contribution in [3.05, 3.63) is 18.0 Å². The number of hydrogen-bond donors (Lipinski definition) is 2. The highest BCUT2D eigenvalue weighted by Gasteiger charge is 2.29. The van der Waals surface area contributed by atoms with Crippen LogP contribution in [-0.2, 0) is 9.53 Å². The van der Waals surface area contributed by atoms with E-state index < -0.39 is 0 Å². The number of H-pyrrole nitrogens is 1. The van der Waals surface area contributed by atoms with Gasteiger partial charge in [0, 0.05) is 32.0 Å². The second-order valence-electron chi connectivity index (χ2n) is 4.93. The molecule has 2 unspecified atom stereocenters. The van der Waals surface area contributed by atoms with Gasteiger partial charge < -0.3 is 15.4 Å². The molecule has 0 bridgehead atoms. The van der Waals surface area contributed by atoms with Crippen molar-refractivity contribution in [1.29, 1.82) is 0 Å². The van der Waals surface area contributed by atoms with Gasteiger partial charge in [-0.15, -0.1) is 0 Å².